The van der Waals surface area contributed by atoms with E-state index in [2.05, 4.69) is 13.8 Å². The van der Waals surface area contributed by atoms with Crippen LogP contribution < -0.4 is 0 Å². The molecule has 1 aromatic rings. The van der Waals surface area contributed by atoms with Crippen LogP contribution in [0.1, 0.15) is 25.8 Å². The van der Waals surface area contributed by atoms with Crippen LogP contribution in [-0.2, 0) is 0 Å². The van der Waals surface area contributed by atoms with Crippen LogP contribution in [0.2, 0.25) is 0 Å². The van der Waals surface area contributed by atoms with E-state index < -0.39 is 17.5 Å². The van der Waals surface area contributed by atoms with E-state index in [1.54, 1.807) is 0 Å². The van der Waals surface area contributed by atoms with Crippen molar-refractivity contribution in [2.45, 2.75) is 27.2 Å². The minimum Gasteiger partial charge on any atom is -0.204 e. The summed E-state index contributed by atoms with van der Waals surface area (Å²) in [6.45, 7) is 5.74. The number of halogens is 3. The molecular formula is C10H13F3. The highest BCUT2D eigenvalue weighted by atomic mass is 19.2. The van der Waals surface area contributed by atoms with Gasteiger partial charge in [-0.05, 0) is 24.6 Å². The molecule has 74 valence electrons. The second-order valence-electron chi connectivity index (χ2n) is 2.75. The minimum atomic E-state index is -1.41. The van der Waals surface area contributed by atoms with Gasteiger partial charge >= 0.3 is 0 Å². The zero-order valence-corrected chi connectivity index (χ0v) is 8.00. The molecule has 0 saturated heterocycles. The highest BCUT2D eigenvalue weighted by Crippen LogP contribution is 2.11. The van der Waals surface area contributed by atoms with Crippen molar-refractivity contribution in [1.82, 2.24) is 0 Å². The lowest BCUT2D eigenvalue weighted by atomic mass is 10.2. The lowest BCUT2D eigenvalue weighted by molar-refractivity contribution is 0.446. The number of aryl methyl sites for hydroxylation is 1. The van der Waals surface area contributed by atoms with Crippen molar-refractivity contribution in [3.05, 3.63) is 35.1 Å². The van der Waals surface area contributed by atoms with Crippen molar-refractivity contribution >= 4 is 0 Å². The molecule has 13 heavy (non-hydrogen) atoms. The van der Waals surface area contributed by atoms with Crippen LogP contribution in [0, 0.1) is 24.4 Å². The molecule has 0 aliphatic rings. The Morgan fingerprint density at radius 3 is 1.62 bits per heavy atom. The summed E-state index contributed by atoms with van der Waals surface area (Å²) >= 11 is 0. The fourth-order valence-electron chi connectivity index (χ4n) is 0.682. The summed E-state index contributed by atoms with van der Waals surface area (Å²) in [5.74, 6) is -3.69. The fourth-order valence-corrected chi connectivity index (χ4v) is 0.682. The van der Waals surface area contributed by atoms with Crippen LogP contribution in [-0.4, -0.2) is 0 Å². The van der Waals surface area contributed by atoms with Crippen molar-refractivity contribution in [1.29, 1.82) is 0 Å². The van der Waals surface area contributed by atoms with Gasteiger partial charge in [-0.25, -0.2) is 13.2 Å². The second kappa shape index (κ2) is 5.62. The Morgan fingerprint density at radius 2 is 1.31 bits per heavy atom. The van der Waals surface area contributed by atoms with E-state index in [0.29, 0.717) is 5.56 Å². The van der Waals surface area contributed by atoms with Crippen molar-refractivity contribution < 1.29 is 13.2 Å². The topological polar surface area (TPSA) is 0 Å². The van der Waals surface area contributed by atoms with E-state index in [4.69, 9.17) is 0 Å². The Kier molecular flexibility index (Phi) is 5.19. The first kappa shape index (κ1) is 12.0. The average molecular weight is 190 g/mol. The predicted octanol–water partition coefficient (Wildman–Crippen LogP) is 3.83. The zero-order valence-electron chi connectivity index (χ0n) is 8.00. The van der Waals surface area contributed by atoms with Crippen molar-refractivity contribution in [2.75, 3.05) is 0 Å². The molecule has 0 nitrogen and oxygen atoms in total. The van der Waals surface area contributed by atoms with Crippen molar-refractivity contribution in [3.8, 4) is 0 Å². The zero-order chi connectivity index (χ0) is 10.4. The Hall–Kier alpha value is -0.990. The highest BCUT2D eigenvalue weighted by molar-refractivity contribution is 5.17. The minimum absolute atomic E-state index is 0.372. The molecule has 0 unspecified atom stereocenters. The van der Waals surface area contributed by atoms with Crippen LogP contribution >= 0.6 is 0 Å². The molecule has 0 bridgehead atoms. The summed E-state index contributed by atoms with van der Waals surface area (Å²) in [5.41, 5.74) is 0.372. The normalized spacial score (nSPS) is 9.08. The number of hydrogen-bond acceptors (Lipinski definition) is 0. The maximum Gasteiger partial charge on any atom is 0.194 e. The third-order valence-electron chi connectivity index (χ3n) is 1.13. The molecule has 0 aliphatic heterocycles. The molecule has 1 aromatic carbocycles. The monoisotopic (exact) mass is 190 g/mol. The molecule has 0 amide bonds. The summed E-state index contributed by atoms with van der Waals surface area (Å²) in [4.78, 5) is 0. The molecule has 0 spiro atoms. The molecule has 0 aliphatic carbocycles. The maximum absolute atomic E-state index is 12.2. The number of rotatable bonds is 0. The van der Waals surface area contributed by atoms with Gasteiger partial charge in [-0.2, -0.15) is 0 Å². The third-order valence-corrected chi connectivity index (χ3v) is 1.13. The molecule has 3 heteroatoms. The van der Waals surface area contributed by atoms with E-state index in [9.17, 15) is 13.2 Å². The standard InChI is InChI=1S/C7H5F3.C3H8/c1-4-2-5(8)7(10)6(9)3-4;1-3-2/h2-3H,1H3;3H2,1-2H3. The number of hydrogen-bond donors (Lipinski definition) is 0. The van der Waals surface area contributed by atoms with Crippen molar-refractivity contribution in [2.24, 2.45) is 0 Å². The predicted molar refractivity (Wildman–Crippen MR) is 47.0 cm³/mol. The van der Waals surface area contributed by atoms with E-state index in [1.165, 1.54) is 13.3 Å². The van der Waals surface area contributed by atoms with Gasteiger partial charge in [0.05, 0.1) is 0 Å². The maximum atomic E-state index is 12.2. The van der Waals surface area contributed by atoms with Gasteiger partial charge in [0.1, 0.15) is 0 Å². The van der Waals surface area contributed by atoms with E-state index >= 15 is 0 Å². The molecule has 0 fully saturated rings. The second-order valence-corrected chi connectivity index (χ2v) is 2.75. The van der Waals surface area contributed by atoms with Gasteiger partial charge in [0.2, 0.25) is 0 Å². The van der Waals surface area contributed by atoms with Crippen LogP contribution in [0.4, 0.5) is 13.2 Å². The van der Waals surface area contributed by atoms with Gasteiger partial charge < -0.3 is 0 Å². The van der Waals surface area contributed by atoms with Gasteiger partial charge in [-0.3, -0.25) is 0 Å². The molecule has 0 radical (unpaired) electrons. The smallest absolute Gasteiger partial charge is 0.194 e. The Labute approximate surface area is 76.4 Å². The van der Waals surface area contributed by atoms with E-state index in [1.807, 2.05) is 0 Å². The molecule has 0 heterocycles. The van der Waals surface area contributed by atoms with E-state index in [-0.39, 0.29) is 0 Å². The quantitative estimate of drug-likeness (QED) is 0.545. The van der Waals surface area contributed by atoms with Gasteiger partial charge in [-0.1, -0.05) is 20.3 Å². The summed E-state index contributed by atoms with van der Waals surface area (Å²) in [6, 6.07) is 1.89. The summed E-state index contributed by atoms with van der Waals surface area (Å²) in [6.07, 6.45) is 1.25. The number of benzene rings is 1. The van der Waals surface area contributed by atoms with Crippen molar-refractivity contribution in [3.63, 3.8) is 0 Å². The first-order valence-corrected chi connectivity index (χ1v) is 4.14. The van der Waals surface area contributed by atoms with Crippen LogP contribution in [0.25, 0.3) is 0 Å². The summed E-state index contributed by atoms with van der Waals surface area (Å²) < 4.78 is 36.6. The van der Waals surface area contributed by atoms with Gasteiger partial charge in [0, 0.05) is 0 Å². The molecule has 0 N–H and O–H groups in total. The third kappa shape index (κ3) is 3.97. The highest BCUT2D eigenvalue weighted by Gasteiger charge is 2.07. The molecule has 0 atom stereocenters. The lowest BCUT2D eigenvalue weighted by Gasteiger charge is -1.95. The lowest BCUT2D eigenvalue weighted by Crippen LogP contribution is -1.90. The molecule has 1 rings (SSSR count). The average Bonchev–Trinajstić information content (AvgIpc) is 2.01. The largest absolute Gasteiger partial charge is 0.204 e. The molecular weight excluding hydrogens is 177 g/mol. The summed E-state index contributed by atoms with van der Waals surface area (Å²) in [7, 11) is 0. The Balaban J connectivity index is 0.000000424. The van der Waals surface area contributed by atoms with Crippen LogP contribution in [0.15, 0.2) is 12.1 Å². The molecule has 0 saturated carbocycles. The SMILES string of the molecule is CCC.Cc1cc(F)c(F)c(F)c1. The van der Waals surface area contributed by atoms with Gasteiger partial charge in [0.15, 0.2) is 17.5 Å². The van der Waals surface area contributed by atoms with Gasteiger partial charge in [0.25, 0.3) is 0 Å². The van der Waals surface area contributed by atoms with Gasteiger partial charge in [-0.15, -0.1) is 0 Å². The summed E-state index contributed by atoms with van der Waals surface area (Å²) in [5, 5.41) is 0. The Bertz CT molecular complexity index is 246. The van der Waals surface area contributed by atoms with E-state index in [0.717, 1.165) is 12.1 Å². The molecule has 0 aromatic heterocycles. The first-order chi connectivity index (χ1) is 6.02. The van der Waals surface area contributed by atoms with Crippen LogP contribution in [0.3, 0.4) is 0 Å². The fraction of sp³-hybridized carbons (Fsp3) is 0.400. The first-order valence-electron chi connectivity index (χ1n) is 4.14. The Morgan fingerprint density at radius 1 is 1.00 bits per heavy atom. The van der Waals surface area contributed by atoms with Crippen LogP contribution in [0.5, 0.6) is 0 Å².